The topological polar surface area (TPSA) is 93.6 Å². The van der Waals surface area contributed by atoms with Gasteiger partial charge < -0.3 is 4.74 Å². The lowest BCUT2D eigenvalue weighted by atomic mass is 9.70. The number of carbonyl (C=O) groups is 2. The first kappa shape index (κ1) is 23.3. The van der Waals surface area contributed by atoms with Crippen LogP contribution in [0.4, 0.5) is 0 Å². The molecule has 2 bridgehead atoms. The van der Waals surface area contributed by atoms with E-state index < -0.39 is 21.4 Å². The second kappa shape index (κ2) is 8.67. The predicted octanol–water partition coefficient (Wildman–Crippen LogP) is 3.65. The van der Waals surface area contributed by atoms with E-state index in [0.717, 1.165) is 25.7 Å². The number of nitrogens with zero attached hydrogens (tertiary/aromatic N) is 2. The van der Waals surface area contributed by atoms with Gasteiger partial charge in [0.2, 0.25) is 10.0 Å². The Hall–Kier alpha value is -1.32. The average molecular weight is 457 g/mol. The molecule has 1 aromatic heterocycles. The Morgan fingerprint density at radius 2 is 2.10 bits per heavy atom. The Balaban J connectivity index is 1.84. The zero-order valence-electron chi connectivity index (χ0n) is 18.3. The van der Waals surface area contributed by atoms with E-state index in [2.05, 4.69) is 25.8 Å². The number of hydrogen-bond acceptors (Lipinski definition) is 7. The van der Waals surface area contributed by atoms with Crippen molar-refractivity contribution in [3.8, 4) is 0 Å². The van der Waals surface area contributed by atoms with Gasteiger partial charge in [0.1, 0.15) is 10.8 Å². The molecule has 0 aromatic carbocycles. The van der Waals surface area contributed by atoms with Gasteiger partial charge in [-0.25, -0.2) is 18.2 Å². The highest BCUT2D eigenvalue weighted by Crippen LogP contribution is 2.64. The van der Waals surface area contributed by atoms with Gasteiger partial charge in [0.25, 0.3) is 0 Å². The first-order valence-electron chi connectivity index (χ1n) is 10.6. The fourth-order valence-corrected chi connectivity index (χ4v) is 8.17. The molecular weight excluding hydrogens is 424 g/mol. The van der Waals surface area contributed by atoms with Crippen molar-refractivity contribution < 1.29 is 22.7 Å². The fraction of sp³-hybridized carbons (Fsp3) is 0.762. The number of sulfonamides is 1. The molecule has 0 saturated heterocycles. The lowest BCUT2D eigenvalue weighted by Crippen LogP contribution is -2.46. The van der Waals surface area contributed by atoms with Crippen LogP contribution in [0.1, 0.15) is 74.8 Å². The molecule has 168 valence electrons. The average Bonchev–Trinajstić information content (AvgIpc) is 3.29. The van der Waals surface area contributed by atoms with Crippen molar-refractivity contribution in [3.63, 3.8) is 0 Å². The molecule has 2 unspecified atom stereocenters. The number of hydrogen-bond donors (Lipinski definition) is 0. The van der Waals surface area contributed by atoms with Crippen molar-refractivity contribution in [3.05, 3.63) is 16.1 Å². The van der Waals surface area contributed by atoms with Crippen LogP contribution in [0.5, 0.6) is 0 Å². The number of rotatable bonds is 10. The number of Topliss-reactive ketones (excluding diaryl/α,β-unsaturated/α-hetero) is 1. The number of methoxy groups -OCH3 is 1. The summed E-state index contributed by atoms with van der Waals surface area (Å²) < 4.78 is 33.3. The third kappa shape index (κ3) is 4.08. The quantitative estimate of drug-likeness (QED) is 0.394. The largest absolute Gasteiger partial charge is 0.464 e. The van der Waals surface area contributed by atoms with Crippen LogP contribution in [-0.4, -0.2) is 48.9 Å². The zero-order chi connectivity index (χ0) is 22.2. The van der Waals surface area contributed by atoms with E-state index in [-0.39, 0.29) is 35.1 Å². The zero-order valence-corrected chi connectivity index (χ0v) is 19.9. The molecule has 2 saturated carbocycles. The molecule has 3 rings (SSSR count). The molecule has 0 radical (unpaired) electrons. The number of fused-ring (bicyclic) bond motifs is 2. The number of aromatic nitrogens is 1. The van der Waals surface area contributed by atoms with E-state index in [0.29, 0.717) is 24.4 Å². The van der Waals surface area contributed by atoms with E-state index in [1.54, 1.807) is 5.38 Å². The van der Waals surface area contributed by atoms with E-state index in [1.165, 1.54) is 22.8 Å². The Morgan fingerprint density at radius 3 is 2.67 bits per heavy atom. The van der Waals surface area contributed by atoms with Gasteiger partial charge in [0.15, 0.2) is 5.69 Å². The molecular formula is C21H32N2O5S2. The molecule has 7 nitrogen and oxygen atoms in total. The minimum Gasteiger partial charge on any atom is -0.464 e. The SMILES string of the molecule is CCCCCN(Cc1nc(C(=O)OC)cs1)S(=O)(=O)CC12CCC(CC1=O)C2(C)C. The Kier molecular flexibility index (Phi) is 6.74. The van der Waals surface area contributed by atoms with Crippen molar-refractivity contribution in [1.82, 2.24) is 9.29 Å². The summed E-state index contributed by atoms with van der Waals surface area (Å²) in [7, 11) is -2.40. The van der Waals surface area contributed by atoms with Crippen molar-refractivity contribution in [1.29, 1.82) is 0 Å². The molecule has 0 amide bonds. The minimum atomic E-state index is -3.69. The number of thiazole rings is 1. The van der Waals surface area contributed by atoms with Crippen LogP contribution in [0.25, 0.3) is 0 Å². The Bertz CT molecular complexity index is 908. The molecule has 2 atom stereocenters. The maximum atomic E-state index is 13.6. The Labute approximate surface area is 183 Å². The van der Waals surface area contributed by atoms with Gasteiger partial charge in [0, 0.05) is 23.8 Å². The van der Waals surface area contributed by atoms with Crippen LogP contribution in [0.2, 0.25) is 0 Å². The summed E-state index contributed by atoms with van der Waals surface area (Å²) >= 11 is 1.25. The summed E-state index contributed by atoms with van der Waals surface area (Å²) in [6.45, 7) is 6.67. The lowest BCUT2D eigenvalue weighted by molar-refractivity contribution is -0.128. The van der Waals surface area contributed by atoms with Crippen LogP contribution in [-0.2, 0) is 26.1 Å². The van der Waals surface area contributed by atoms with Crippen LogP contribution in [0.15, 0.2) is 5.38 Å². The maximum Gasteiger partial charge on any atom is 0.357 e. The summed E-state index contributed by atoms with van der Waals surface area (Å²) in [5.41, 5.74) is -0.905. The molecule has 1 aromatic rings. The highest BCUT2D eigenvalue weighted by Gasteiger charge is 2.65. The summed E-state index contributed by atoms with van der Waals surface area (Å²) in [6.07, 6.45) is 4.71. The van der Waals surface area contributed by atoms with Crippen LogP contribution in [0.3, 0.4) is 0 Å². The van der Waals surface area contributed by atoms with Gasteiger partial charge in [-0.3, -0.25) is 4.79 Å². The minimum absolute atomic E-state index is 0.100. The van der Waals surface area contributed by atoms with E-state index in [1.807, 2.05) is 0 Å². The highest BCUT2D eigenvalue weighted by atomic mass is 32.2. The molecule has 0 aliphatic heterocycles. The van der Waals surface area contributed by atoms with Crippen molar-refractivity contribution in [2.75, 3.05) is 19.4 Å². The number of ether oxygens (including phenoxy) is 1. The summed E-state index contributed by atoms with van der Waals surface area (Å²) in [5.74, 6) is -0.297. The highest BCUT2D eigenvalue weighted by molar-refractivity contribution is 7.89. The van der Waals surface area contributed by atoms with Gasteiger partial charge in [-0.05, 0) is 30.6 Å². The molecule has 0 N–H and O–H groups in total. The number of esters is 1. The molecule has 30 heavy (non-hydrogen) atoms. The summed E-state index contributed by atoms with van der Waals surface area (Å²) in [5, 5.41) is 2.14. The second-order valence-electron chi connectivity index (χ2n) is 9.08. The van der Waals surface area contributed by atoms with Gasteiger partial charge in [-0.2, -0.15) is 4.31 Å². The summed E-state index contributed by atoms with van der Waals surface area (Å²) in [4.78, 5) is 28.8. The molecule has 2 aliphatic carbocycles. The fourth-order valence-electron chi connectivity index (χ4n) is 5.10. The Morgan fingerprint density at radius 1 is 1.37 bits per heavy atom. The number of ketones is 1. The van der Waals surface area contributed by atoms with Crippen molar-refractivity contribution >= 4 is 33.1 Å². The van der Waals surface area contributed by atoms with Crippen LogP contribution in [0, 0.1) is 16.7 Å². The molecule has 2 aliphatic rings. The van der Waals surface area contributed by atoms with E-state index in [4.69, 9.17) is 4.74 Å². The lowest BCUT2D eigenvalue weighted by Gasteiger charge is -2.37. The molecule has 9 heteroatoms. The second-order valence-corrected chi connectivity index (χ2v) is 12.0. The standard InChI is InChI=1S/C21H32N2O5S2/c1-5-6-7-10-23(12-18-22-16(13-29-18)19(25)28-4)30(26,27)14-21-9-8-15(11-17(21)24)20(21,2)3/h13,15H,5-12,14H2,1-4H3. The first-order chi connectivity index (χ1) is 14.1. The van der Waals surface area contributed by atoms with E-state index in [9.17, 15) is 18.0 Å². The van der Waals surface area contributed by atoms with Gasteiger partial charge in [-0.15, -0.1) is 11.3 Å². The number of unbranched alkanes of at least 4 members (excludes halogenated alkanes) is 2. The maximum absolute atomic E-state index is 13.6. The molecule has 1 heterocycles. The third-order valence-corrected chi connectivity index (χ3v) is 10.0. The smallest absolute Gasteiger partial charge is 0.357 e. The molecule has 0 spiro atoms. The normalized spacial score (nSPS) is 25.2. The van der Waals surface area contributed by atoms with Crippen molar-refractivity contribution in [2.24, 2.45) is 16.7 Å². The van der Waals surface area contributed by atoms with Crippen molar-refractivity contribution in [2.45, 2.75) is 65.8 Å². The molecule has 2 fully saturated rings. The van der Waals surface area contributed by atoms with Gasteiger partial charge >= 0.3 is 5.97 Å². The van der Waals surface area contributed by atoms with Crippen LogP contribution < -0.4 is 0 Å². The monoisotopic (exact) mass is 456 g/mol. The third-order valence-electron chi connectivity index (χ3n) is 7.23. The van der Waals surface area contributed by atoms with E-state index >= 15 is 0 Å². The van der Waals surface area contributed by atoms with Crippen LogP contribution >= 0.6 is 11.3 Å². The van der Waals surface area contributed by atoms with Gasteiger partial charge in [-0.1, -0.05) is 33.6 Å². The predicted molar refractivity (Wildman–Crippen MR) is 116 cm³/mol. The first-order valence-corrected chi connectivity index (χ1v) is 13.1. The summed E-state index contributed by atoms with van der Waals surface area (Å²) in [6, 6.07) is 0. The van der Waals surface area contributed by atoms with Gasteiger partial charge in [0.05, 0.1) is 19.4 Å². The number of carbonyl (C=O) groups excluding carboxylic acids is 2.